The molecule has 0 aromatic heterocycles. The van der Waals surface area contributed by atoms with E-state index in [9.17, 15) is 24.9 Å². The van der Waals surface area contributed by atoms with Crippen LogP contribution in [0.2, 0.25) is 0 Å². The van der Waals surface area contributed by atoms with Crippen LogP contribution in [0.4, 0.5) is 0 Å². The topological polar surface area (TPSA) is 113 Å². The third-order valence-corrected chi connectivity index (χ3v) is 7.43. The molecule has 0 amide bonds. The lowest BCUT2D eigenvalue weighted by molar-refractivity contribution is -0.162. The summed E-state index contributed by atoms with van der Waals surface area (Å²) in [6.07, 6.45) is 2.29. The monoisotopic (exact) mass is 378 g/mol. The van der Waals surface area contributed by atoms with Gasteiger partial charge in [-0.1, -0.05) is 19.9 Å². The van der Waals surface area contributed by atoms with Crippen LogP contribution < -0.4 is 0 Å². The fourth-order valence-electron chi connectivity index (χ4n) is 5.91. The molecule has 4 rings (SSSR count). The van der Waals surface area contributed by atoms with Gasteiger partial charge in [0.15, 0.2) is 0 Å². The average molecular weight is 378 g/mol. The van der Waals surface area contributed by atoms with Gasteiger partial charge in [-0.2, -0.15) is 0 Å². The molecule has 0 aromatic carbocycles. The summed E-state index contributed by atoms with van der Waals surface area (Å²) in [6.45, 7) is 4.14. The van der Waals surface area contributed by atoms with E-state index >= 15 is 0 Å². The lowest BCUT2D eigenvalue weighted by Crippen LogP contribution is -2.60. The first kappa shape index (κ1) is 18.7. The number of carbonyl (C=O) groups is 2. The van der Waals surface area contributed by atoms with Crippen molar-refractivity contribution in [1.82, 2.24) is 0 Å². The Labute approximate surface area is 157 Å². The highest BCUT2D eigenvalue weighted by atomic mass is 16.6. The number of ether oxygens (including phenoxy) is 2. The van der Waals surface area contributed by atoms with Crippen molar-refractivity contribution in [3.8, 4) is 0 Å². The van der Waals surface area contributed by atoms with E-state index in [1.807, 2.05) is 13.8 Å². The molecule has 0 aromatic rings. The van der Waals surface area contributed by atoms with E-state index in [1.165, 1.54) is 6.08 Å². The minimum Gasteiger partial charge on any atom is -0.461 e. The second kappa shape index (κ2) is 6.15. The maximum absolute atomic E-state index is 12.3. The van der Waals surface area contributed by atoms with Crippen LogP contribution >= 0.6 is 0 Å². The van der Waals surface area contributed by atoms with Crippen molar-refractivity contribution in [2.75, 3.05) is 6.61 Å². The third kappa shape index (κ3) is 2.59. The molecule has 2 aliphatic carbocycles. The van der Waals surface area contributed by atoms with Crippen molar-refractivity contribution in [2.24, 2.45) is 22.7 Å². The van der Waals surface area contributed by atoms with Gasteiger partial charge in [-0.15, -0.1) is 0 Å². The number of hydrogen-bond acceptors (Lipinski definition) is 7. The summed E-state index contributed by atoms with van der Waals surface area (Å²) >= 11 is 0. The molecule has 1 saturated carbocycles. The van der Waals surface area contributed by atoms with Crippen LogP contribution in [-0.4, -0.2) is 52.4 Å². The van der Waals surface area contributed by atoms with Crippen molar-refractivity contribution >= 4 is 11.9 Å². The predicted molar refractivity (Wildman–Crippen MR) is 92.9 cm³/mol. The third-order valence-electron chi connectivity index (χ3n) is 7.43. The fraction of sp³-hybridized carbons (Fsp3) is 0.700. The van der Waals surface area contributed by atoms with Gasteiger partial charge in [-0.3, -0.25) is 0 Å². The van der Waals surface area contributed by atoms with E-state index in [0.717, 1.165) is 0 Å². The molecule has 1 spiro atoms. The molecule has 2 fully saturated rings. The highest BCUT2D eigenvalue weighted by Gasteiger charge is 2.65. The van der Waals surface area contributed by atoms with E-state index in [2.05, 4.69) is 0 Å². The molecule has 27 heavy (non-hydrogen) atoms. The van der Waals surface area contributed by atoms with Crippen molar-refractivity contribution in [3.63, 3.8) is 0 Å². The molecule has 2 aliphatic heterocycles. The molecule has 4 aliphatic rings. The van der Waals surface area contributed by atoms with Gasteiger partial charge in [0.1, 0.15) is 6.61 Å². The molecule has 3 N–H and O–H groups in total. The zero-order valence-corrected chi connectivity index (χ0v) is 15.6. The number of esters is 2. The summed E-state index contributed by atoms with van der Waals surface area (Å²) in [5.41, 5.74) is -0.242. The first-order valence-electron chi connectivity index (χ1n) is 9.53. The molecule has 2 heterocycles. The number of aliphatic hydroxyl groups excluding tert-OH is 3. The second-order valence-electron chi connectivity index (χ2n) is 8.68. The number of aliphatic hydroxyl groups is 3. The van der Waals surface area contributed by atoms with Crippen LogP contribution in [0.15, 0.2) is 23.3 Å². The van der Waals surface area contributed by atoms with Gasteiger partial charge in [0.25, 0.3) is 0 Å². The smallest absolute Gasteiger partial charge is 0.336 e. The molecule has 7 atom stereocenters. The predicted octanol–water partition coefficient (Wildman–Crippen LogP) is 0.826. The first-order valence-corrected chi connectivity index (χ1v) is 9.53. The van der Waals surface area contributed by atoms with E-state index in [4.69, 9.17) is 9.47 Å². The van der Waals surface area contributed by atoms with Crippen LogP contribution in [0, 0.1) is 22.7 Å². The zero-order valence-electron chi connectivity index (χ0n) is 15.6. The van der Waals surface area contributed by atoms with Crippen LogP contribution in [0.3, 0.4) is 0 Å². The Morgan fingerprint density at radius 1 is 1.19 bits per heavy atom. The van der Waals surface area contributed by atoms with E-state index in [0.29, 0.717) is 36.8 Å². The largest absolute Gasteiger partial charge is 0.461 e. The summed E-state index contributed by atoms with van der Waals surface area (Å²) in [5.74, 6) is -1.30. The Morgan fingerprint density at radius 2 is 1.93 bits per heavy atom. The van der Waals surface area contributed by atoms with Gasteiger partial charge in [0.2, 0.25) is 6.29 Å². The molecule has 148 valence electrons. The number of hydrogen-bond donors (Lipinski definition) is 3. The van der Waals surface area contributed by atoms with E-state index < -0.39 is 35.3 Å². The molecular formula is C20H26O7. The van der Waals surface area contributed by atoms with Gasteiger partial charge in [-0.25, -0.2) is 9.59 Å². The number of rotatable bonds is 3. The summed E-state index contributed by atoms with van der Waals surface area (Å²) in [7, 11) is 0. The van der Waals surface area contributed by atoms with E-state index in [-0.39, 0.29) is 24.4 Å². The van der Waals surface area contributed by atoms with Crippen LogP contribution in [0.1, 0.15) is 39.5 Å². The summed E-state index contributed by atoms with van der Waals surface area (Å²) in [6, 6.07) is 0. The second-order valence-corrected chi connectivity index (χ2v) is 8.68. The van der Waals surface area contributed by atoms with Gasteiger partial charge in [0.05, 0.1) is 12.2 Å². The minimum absolute atomic E-state index is 0.138. The quantitative estimate of drug-likeness (QED) is 0.623. The number of carbonyl (C=O) groups excluding carboxylic acids is 2. The number of cyclic esters (lactones) is 2. The highest BCUT2D eigenvalue weighted by Crippen LogP contribution is 2.64. The Hall–Kier alpha value is -1.70. The first-order chi connectivity index (χ1) is 12.7. The lowest BCUT2D eigenvalue weighted by atomic mass is 9.45. The van der Waals surface area contributed by atoms with Gasteiger partial charge >= 0.3 is 11.9 Å². The molecule has 0 bridgehead atoms. The SMILES string of the molecule is CC1C(O)CC23COC(=O)C2=CCC(O)C3C1(C)CCC1=CC(O)OC1=O. The van der Waals surface area contributed by atoms with Crippen molar-refractivity contribution in [3.05, 3.63) is 23.3 Å². The normalized spacial score (nSPS) is 46.2. The molecule has 7 nitrogen and oxygen atoms in total. The lowest BCUT2D eigenvalue weighted by Gasteiger charge is -2.59. The Kier molecular flexibility index (Phi) is 4.25. The molecule has 0 radical (unpaired) electrons. The standard InChI is InChI=1S/C20H26O7/c1-10-14(22)8-20-9-26-18(25)12(20)3-4-13(21)16(20)19(10,2)6-5-11-7-15(23)27-17(11)24/h3,7,10,13-16,21-23H,4-6,8-9H2,1-2H3. The average Bonchev–Trinajstić information content (AvgIpc) is 3.09. The molecule has 1 saturated heterocycles. The van der Waals surface area contributed by atoms with Gasteiger partial charge < -0.3 is 24.8 Å². The summed E-state index contributed by atoms with van der Waals surface area (Å²) in [5, 5.41) is 31.2. The maximum Gasteiger partial charge on any atom is 0.336 e. The Balaban J connectivity index is 1.70. The molecule has 7 heteroatoms. The van der Waals surface area contributed by atoms with Gasteiger partial charge in [0, 0.05) is 22.5 Å². The minimum atomic E-state index is -1.21. The van der Waals surface area contributed by atoms with Crippen LogP contribution in [0.25, 0.3) is 0 Å². The molecular weight excluding hydrogens is 352 g/mol. The van der Waals surface area contributed by atoms with Crippen LogP contribution in [0.5, 0.6) is 0 Å². The summed E-state index contributed by atoms with van der Waals surface area (Å²) in [4.78, 5) is 24.1. The fourth-order valence-corrected chi connectivity index (χ4v) is 5.91. The zero-order chi connectivity index (χ0) is 19.6. The molecule has 7 unspecified atom stereocenters. The van der Waals surface area contributed by atoms with Gasteiger partial charge in [-0.05, 0) is 43.1 Å². The van der Waals surface area contributed by atoms with Crippen molar-refractivity contribution < 1.29 is 34.4 Å². The highest BCUT2D eigenvalue weighted by molar-refractivity contribution is 5.93. The van der Waals surface area contributed by atoms with E-state index in [1.54, 1.807) is 6.08 Å². The maximum atomic E-state index is 12.3. The van der Waals surface area contributed by atoms with Crippen molar-refractivity contribution in [1.29, 1.82) is 0 Å². The Bertz CT molecular complexity index is 741. The van der Waals surface area contributed by atoms with Crippen molar-refractivity contribution in [2.45, 2.75) is 58.0 Å². The Morgan fingerprint density at radius 3 is 2.59 bits per heavy atom. The van der Waals surface area contributed by atoms with Crippen LogP contribution in [-0.2, 0) is 19.1 Å². The summed E-state index contributed by atoms with van der Waals surface area (Å²) < 4.78 is 10.1.